The number of halogens is 1. The molecule has 6 nitrogen and oxygen atoms in total. The summed E-state index contributed by atoms with van der Waals surface area (Å²) in [5.41, 5.74) is 5.80. The Labute approximate surface area is 129 Å². The first-order valence-electron chi connectivity index (χ1n) is 6.38. The Balaban J connectivity index is 2.49. The molecular formula is C12H17ClN2O4S2. The number of sulfone groups is 1. The number of nitrogens with two attached hydrogens (primary N) is 1. The fourth-order valence-corrected chi connectivity index (χ4v) is 5.00. The molecule has 118 valence electrons. The number of rotatable bonds is 3. The molecule has 0 spiro atoms. The molecule has 1 aromatic rings. The second-order valence-electron chi connectivity index (χ2n) is 5.13. The summed E-state index contributed by atoms with van der Waals surface area (Å²) < 4.78 is 49.7. The minimum Gasteiger partial charge on any atom is -0.327 e. The second kappa shape index (κ2) is 5.85. The number of hydrogen-bond acceptors (Lipinski definition) is 5. The van der Waals surface area contributed by atoms with Crippen molar-refractivity contribution in [2.75, 3.05) is 19.3 Å². The zero-order valence-corrected chi connectivity index (χ0v) is 13.9. The highest BCUT2D eigenvalue weighted by Gasteiger charge is 2.31. The Morgan fingerprint density at radius 3 is 2.52 bits per heavy atom. The lowest BCUT2D eigenvalue weighted by atomic mass is 10.1. The molecule has 0 aromatic heterocycles. The topological polar surface area (TPSA) is 97.5 Å². The molecule has 1 saturated heterocycles. The standard InChI is InChI=1S/C12H17ClN2O4S2/c1-20(16,17)10-4-5-11(13)12(7-10)21(18,19)15-6-2-3-9(14)8-15/h4-5,7,9H,2-3,6,8,14H2,1H3. The lowest BCUT2D eigenvalue weighted by Crippen LogP contribution is -2.45. The Bertz CT molecular complexity index is 747. The van der Waals surface area contributed by atoms with Crippen molar-refractivity contribution in [3.63, 3.8) is 0 Å². The van der Waals surface area contributed by atoms with Gasteiger partial charge in [-0.25, -0.2) is 16.8 Å². The van der Waals surface area contributed by atoms with Crippen molar-refractivity contribution in [3.8, 4) is 0 Å². The zero-order valence-electron chi connectivity index (χ0n) is 11.5. The van der Waals surface area contributed by atoms with E-state index in [0.29, 0.717) is 13.0 Å². The molecule has 21 heavy (non-hydrogen) atoms. The predicted octanol–water partition coefficient (Wildman–Crippen LogP) is 0.855. The van der Waals surface area contributed by atoms with Crippen LogP contribution in [0.1, 0.15) is 12.8 Å². The third kappa shape index (κ3) is 3.57. The van der Waals surface area contributed by atoms with E-state index in [-0.39, 0.29) is 27.4 Å². The van der Waals surface area contributed by atoms with E-state index in [1.807, 2.05) is 0 Å². The van der Waals surface area contributed by atoms with Gasteiger partial charge in [-0.2, -0.15) is 4.31 Å². The molecule has 2 N–H and O–H groups in total. The minimum absolute atomic E-state index is 0.00143. The monoisotopic (exact) mass is 352 g/mol. The first kappa shape index (κ1) is 16.7. The van der Waals surface area contributed by atoms with E-state index in [4.69, 9.17) is 17.3 Å². The van der Waals surface area contributed by atoms with Crippen LogP contribution in [0.5, 0.6) is 0 Å². The van der Waals surface area contributed by atoms with Gasteiger partial charge in [-0.15, -0.1) is 0 Å². The molecule has 1 aliphatic rings. The van der Waals surface area contributed by atoms with Gasteiger partial charge in [0.2, 0.25) is 10.0 Å². The van der Waals surface area contributed by atoms with Gasteiger partial charge in [0.25, 0.3) is 0 Å². The van der Waals surface area contributed by atoms with Crippen LogP contribution in [0, 0.1) is 0 Å². The average Bonchev–Trinajstić information content (AvgIpc) is 2.37. The molecule has 0 amide bonds. The van der Waals surface area contributed by atoms with Gasteiger partial charge in [0.05, 0.1) is 9.92 Å². The molecule has 0 aliphatic carbocycles. The largest absolute Gasteiger partial charge is 0.327 e. The van der Waals surface area contributed by atoms with Gasteiger partial charge in [-0.05, 0) is 31.0 Å². The van der Waals surface area contributed by atoms with Crippen LogP contribution in [0.15, 0.2) is 28.0 Å². The van der Waals surface area contributed by atoms with Gasteiger partial charge < -0.3 is 5.73 Å². The summed E-state index contributed by atoms with van der Waals surface area (Å²) in [4.78, 5) is -0.270. The summed E-state index contributed by atoms with van der Waals surface area (Å²) in [6, 6.07) is 3.46. The second-order valence-corrected chi connectivity index (χ2v) is 9.46. The summed E-state index contributed by atoms with van der Waals surface area (Å²) in [6.45, 7) is 0.567. The van der Waals surface area contributed by atoms with Crippen molar-refractivity contribution >= 4 is 31.5 Å². The number of benzene rings is 1. The smallest absolute Gasteiger partial charge is 0.244 e. The molecule has 1 atom stereocenters. The van der Waals surface area contributed by atoms with E-state index >= 15 is 0 Å². The molecular weight excluding hydrogens is 336 g/mol. The van der Waals surface area contributed by atoms with Crippen LogP contribution >= 0.6 is 11.6 Å². The molecule has 1 unspecified atom stereocenters. The van der Waals surface area contributed by atoms with Crippen molar-refractivity contribution < 1.29 is 16.8 Å². The Hall–Kier alpha value is -0.670. The fraction of sp³-hybridized carbons (Fsp3) is 0.500. The van der Waals surface area contributed by atoms with Crippen LogP contribution in [0.4, 0.5) is 0 Å². The first-order valence-corrected chi connectivity index (χ1v) is 10.1. The zero-order chi connectivity index (χ0) is 15.8. The summed E-state index contributed by atoms with van der Waals surface area (Å²) in [5, 5.41) is 0.00143. The lowest BCUT2D eigenvalue weighted by Gasteiger charge is -2.30. The Morgan fingerprint density at radius 1 is 1.29 bits per heavy atom. The van der Waals surface area contributed by atoms with Gasteiger partial charge in [-0.3, -0.25) is 0 Å². The SMILES string of the molecule is CS(=O)(=O)c1ccc(Cl)c(S(=O)(=O)N2CCCC(N)C2)c1. The molecule has 1 heterocycles. The number of piperidine rings is 1. The molecule has 1 fully saturated rings. The summed E-state index contributed by atoms with van der Waals surface area (Å²) in [7, 11) is -7.36. The van der Waals surface area contributed by atoms with Crippen LogP contribution in [0.3, 0.4) is 0 Å². The first-order chi connectivity index (χ1) is 9.62. The molecule has 0 saturated carbocycles. The number of hydrogen-bond donors (Lipinski definition) is 1. The Kier molecular flexibility index (Phi) is 4.65. The van der Waals surface area contributed by atoms with E-state index in [1.165, 1.54) is 16.4 Å². The Morgan fingerprint density at radius 2 is 1.95 bits per heavy atom. The van der Waals surface area contributed by atoms with E-state index in [0.717, 1.165) is 18.7 Å². The molecule has 9 heteroatoms. The highest BCUT2D eigenvalue weighted by molar-refractivity contribution is 7.91. The van der Waals surface area contributed by atoms with Gasteiger partial charge in [0.1, 0.15) is 4.90 Å². The quantitative estimate of drug-likeness (QED) is 0.869. The van der Waals surface area contributed by atoms with Gasteiger partial charge in [0.15, 0.2) is 9.84 Å². The third-order valence-electron chi connectivity index (χ3n) is 3.37. The maximum Gasteiger partial charge on any atom is 0.244 e. The van der Waals surface area contributed by atoms with Crippen LogP contribution in [-0.2, 0) is 19.9 Å². The van der Waals surface area contributed by atoms with Crippen molar-refractivity contribution in [3.05, 3.63) is 23.2 Å². The highest BCUT2D eigenvalue weighted by Crippen LogP contribution is 2.29. The van der Waals surface area contributed by atoms with E-state index in [9.17, 15) is 16.8 Å². The number of sulfonamides is 1. The van der Waals surface area contributed by atoms with Crippen molar-refractivity contribution in [2.45, 2.75) is 28.7 Å². The minimum atomic E-state index is -3.85. The van der Waals surface area contributed by atoms with E-state index in [2.05, 4.69) is 0 Å². The maximum atomic E-state index is 12.6. The molecule has 1 aromatic carbocycles. The normalized spacial score (nSPS) is 21.4. The van der Waals surface area contributed by atoms with Gasteiger partial charge in [-0.1, -0.05) is 11.6 Å². The van der Waals surface area contributed by atoms with E-state index < -0.39 is 19.9 Å². The maximum absolute atomic E-state index is 12.6. The van der Waals surface area contributed by atoms with Crippen molar-refractivity contribution in [1.29, 1.82) is 0 Å². The van der Waals surface area contributed by atoms with Crippen LogP contribution < -0.4 is 5.73 Å². The fourth-order valence-electron chi connectivity index (χ4n) is 2.24. The third-order valence-corrected chi connectivity index (χ3v) is 6.83. The molecule has 0 bridgehead atoms. The molecule has 0 radical (unpaired) electrons. The van der Waals surface area contributed by atoms with Crippen molar-refractivity contribution in [1.82, 2.24) is 4.31 Å². The highest BCUT2D eigenvalue weighted by atomic mass is 35.5. The number of nitrogens with zero attached hydrogens (tertiary/aromatic N) is 1. The van der Waals surface area contributed by atoms with Crippen LogP contribution in [-0.4, -0.2) is 46.5 Å². The van der Waals surface area contributed by atoms with Gasteiger partial charge >= 0.3 is 0 Å². The summed E-state index contributed by atoms with van der Waals surface area (Å²) in [6.07, 6.45) is 2.45. The summed E-state index contributed by atoms with van der Waals surface area (Å²) >= 11 is 5.95. The molecule has 2 rings (SSSR count). The van der Waals surface area contributed by atoms with E-state index in [1.54, 1.807) is 0 Å². The summed E-state index contributed by atoms with van der Waals surface area (Å²) in [5.74, 6) is 0. The van der Waals surface area contributed by atoms with Gasteiger partial charge in [0, 0.05) is 25.4 Å². The van der Waals surface area contributed by atoms with Crippen LogP contribution in [0.25, 0.3) is 0 Å². The van der Waals surface area contributed by atoms with Crippen LogP contribution in [0.2, 0.25) is 5.02 Å². The average molecular weight is 353 g/mol. The lowest BCUT2D eigenvalue weighted by molar-refractivity contribution is 0.316. The van der Waals surface area contributed by atoms with Crippen molar-refractivity contribution in [2.24, 2.45) is 5.73 Å². The molecule has 1 aliphatic heterocycles. The predicted molar refractivity (Wildman–Crippen MR) is 80.5 cm³/mol.